The van der Waals surface area contributed by atoms with Crippen molar-refractivity contribution in [2.24, 2.45) is 0 Å². The summed E-state index contributed by atoms with van der Waals surface area (Å²) in [6.07, 6.45) is 4.57. The van der Waals surface area contributed by atoms with Crippen LogP contribution in [0.4, 0.5) is 0 Å². The van der Waals surface area contributed by atoms with Gasteiger partial charge in [0.05, 0.1) is 17.6 Å². The van der Waals surface area contributed by atoms with Gasteiger partial charge in [-0.3, -0.25) is 4.79 Å². The lowest BCUT2D eigenvalue weighted by atomic mass is 9.94. The van der Waals surface area contributed by atoms with Gasteiger partial charge in [-0.15, -0.1) is 16.4 Å². The smallest absolute Gasteiger partial charge is 0.336 e. The Kier molecular flexibility index (Phi) is 3.83. The van der Waals surface area contributed by atoms with Crippen LogP contribution in [-0.2, 0) is 22.6 Å². The van der Waals surface area contributed by atoms with Crippen LogP contribution in [0.3, 0.4) is 0 Å². The van der Waals surface area contributed by atoms with Crippen molar-refractivity contribution in [3.05, 3.63) is 16.8 Å². The minimum Gasteiger partial charge on any atom is -0.452 e. The molecule has 0 aromatic carbocycles. The Labute approximate surface area is 160 Å². The fraction of sp³-hybridized carbons (Fsp3) is 0.556. The summed E-state index contributed by atoms with van der Waals surface area (Å²) in [6, 6.07) is 0.211. The van der Waals surface area contributed by atoms with Gasteiger partial charge in [-0.1, -0.05) is 0 Å². The van der Waals surface area contributed by atoms with E-state index in [4.69, 9.17) is 9.47 Å². The zero-order valence-electron chi connectivity index (χ0n) is 15.4. The second kappa shape index (κ2) is 6.13. The van der Waals surface area contributed by atoms with Gasteiger partial charge in [0.2, 0.25) is 0 Å². The van der Waals surface area contributed by atoms with Crippen LogP contribution in [0.15, 0.2) is 6.33 Å². The number of fused-ring (bicyclic) bond motifs is 5. The number of hydrogen-bond acceptors (Lipinski definition) is 7. The van der Waals surface area contributed by atoms with E-state index in [0.29, 0.717) is 6.61 Å². The normalized spacial score (nSPS) is 19.0. The standard InChI is InChI=1S/C18H21N5O3S/c1-18(2)7-11-12(8-26-18)27-16-14(11)15-20-17(21-23(15)10-19-16)25-9-13(24)22-5-3-4-6-22/h10H,3-9H2,1-2H3. The first-order chi connectivity index (χ1) is 13.0. The molecule has 9 heteroatoms. The Morgan fingerprint density at radius 2 is 2.19 bits per heavy atom. The largest absolute Gasteiger partial charge is 0.452 e. The Morgan fingerprint density at radius 3 is 3.00 bits per heavy atom. The summed E-state index contributed by atoms with van der Waals surface area (Å²) in [6.45, 7) is 6.37. The van der Waals surface area contributed by atoms with E-state index in [2.05, 4.69) is 28.9 Å². The molecule has 0 atom stereocenters. The molecule has 3 aromatic rings. The van der Waals surface area contributed by atoms with Gasteiger partial charge in [0.15, 0.2) is 12.3 Å². The lowest BCUT2D eigenvalue weighted by Crippen LogP contribution is -2.32. The molecule has 27 heavy (non-hydrogen) atoms. The van der Waals surface area contributed by atoms with E-state index in [9.17, 15) is 4.79 Å². The predicted molar refractivity (Wildman–Crippen MR) is 100 cm³/mol. The van der Waals surface area contributed by atoms with Crippen molar-refractivity contribution in [2.75, 3.05) is 19.7 Å². The van der Waals surface area contributed by atoms with Gasteiger partial charge < -0.3 is 14.4 Å². The summed E-state index contributed by atoms with van der Waals surface area (Å²) in [5.41, 5.74) is 1.74. The van der Waals surface area contributed by atoms with Crippen LogP contribution in [0, 0.1) is 0 Å². The van der Waals surface area contributed by atoms with Gasteiger partial charge in [0.1, 0.15) is 11.2 Å². The Hall–Kier alpha value is -2.26. The molecule has 2 aliphatic heterocycles. The molecule has 5 heterocycles. The number of amides is 1. The SMILES string of the molecule is CC1(C)Cc2c(sc3ncn4nc(OCC(=O)N5CCCC5)nc4c23)CO1. The minimum atomic E-state index is -0.213. The molecule has 2 aliphatic rings. The van der Waals surface area contributed by atoms with Crippen LogP contribution in [0.2, 0.25) is 0 Å². The number of aromatic nitrogens is 4. The van der Waals surface area contributed by atoms with Gasteiger partial charge in [-0.05, 0) is 32.3 Å². The van der Waals surface area contributed by atoms with Gasteiger partial charge in [-0.25, -0.2) is 4.98 Å². The molecule has 5 rings (SSSR count). The Morgan fingerprint density at radius 1 is 1.37 bits per heavy atom. The summed E-state index contributed by atoms with van der Waals surface area (Å²) in [7, 11) is 0. The highest BCUT2D eigenvalue weighted by Gasteiger charge is 2.31. The lowest BCUT2D eigenvalue weighted by molar-refractivity contribution is -0.132. The molecule has 0 spiro atoms. The summed E-state index contributed by atoms with van der Waals surface area (Å²) >= 11 is 1.64. The monoisotopic (exact) mass is 387 g/mol. The number of hydrogen-bond donors (Lipinski definition) is 0. The molecule has 0 radical (unpaired) electrons. The molecule has 1 saturated heterocycles. The van der Waals surface area contributed by atoms with E-state index in [-0.39, 0.29) is 24.1 Å². The molecule has 0 unspecified atom stereocenters. The van der Waals surface area contributed by atoms with Gasteiger partial charge in [-0.2, -0.15) is 9.50 Å². The van der Waals surface area contributed by atoms with E-state index in [1.165, 1.54) is 10.4 Å². The number of ether oxygens (including phenoxy) is 2. The van der Waals surface area contributed by atoms with E-state index in [1.807, 2.05) is 4.90 Å². The van der Waals surface area contributed by atoms with Gasteiger partial charge in [0, 0.05) is 24.4 Å². The van der Waals surface area contributed by atoms with Crippen molar-refractivity contribution in [2.45, 2.75) is 45.3 Å². The lowest BCUT2D eigenvalue weighted by Gasteiger charge is -2.30. The number of carbonyl (C=O) groups is 1. The highest BCUT2D eigenvalue weighted by Crippen LogP contribution is 2.39. The van der Waals surface area contributed by atoms with Crippen LogP contribution in [-0.4, -0.2) is 55.7 Å². The molecule has 1 amide bonds. The van der Waals surface area contributed by atoms with Crippen molar-refractivity contribution in [1.29, 1.82) is 0 Å². The van der Waals surface area contributed by atoms with Crippen LogP contribution >= 0.6 is 11.3 Å². The maximum absolute atomic E-state index is 12.2. The van der Waals surface area contributed by atoms with Crippen molar-refractivity contribution >= 4 is 33.1 Å². The molecule has 0 aliphatic carbocycles. The maximum atomic E-state index is 12.2. The third-order valence-corrected chi connectivity index (χ3v) is 6.29. The number of thiophene rings is 1. The number of rotatable bonds is 3. The highest BCUT2D eigenvalue weighted by atomic mass is 32.1. The second-order valence-electron chi connectivity index (χ2n) is 7.69. The summed E-state index contributed by atoms with van der Waals surface area (Å²) in [5.74, 6) is -0.0126. The predicted octanol–water partition coefficient (Wildman–Crippen LogP) is 2.19. The fourth-order valence-corrected chi connectivity index (χ4v) is 4.83. The molecule has 1 fully saturated rings. The maximum Gasteiger partial charge on any atom is 0.336 e. The quantitative estimate of drug-likeness (QED) is 0.685. The van der Waals surface area contributed by atoms with E-state index in [1.54, 1.807) is 22.2 Å². The van der Waals surface area contributed by atoms with Crippen molar-refractivity contribution < 1.29 is 14.3 Å². The molecule has 0 N–H and O–H groups in total. The summed E-state index contributed by atoms with van der Waals surface area (Å²) in [5, 5.41) is 5.37. The first kappa shape index (κ1) is 16.9. The summed E-state index contributed by atoms with van der Waals surface area (Å²) in [4.78, 5) is 25.2. The summed E-state index contributed by atoms with van der Waals surface area (Å²) < 4.78 is 13.1. The zero-order chi connectivity index (χ0) is 18.6. The Balaban J connectivity index is 1.47. The molecule has 142 valence electrons. The van der Waals surface area contributed by atoms with Crippen LogP contribution in [0.25, 0.3) is 15.9 Å². The van der Waals surface area contributed by atoms with Crippen LogP contribution in [0.1, 0.15) is 37.1 Å². The number of likely N-dealkylation sites (tertiary alicyclic amines) is 1. The van der Waals surface area contributed by atoms with Crippen molar-refractivity contribution in [3.63, 3.8) is 0 Å². The topological polar surface area (TPSA) is 81.9 Å². The fourth-order valence-electron chi connectivity index (χ4n) is 3.77. The second-order valence-corrected chi connectivity index (χ2v) is 8.78. The zero-order valence-corrected chi connectivity index (χ0v) is 16.2. The van der Waals surface area contributed by atoms with Crippen molar-refractivity contribution in [3.8, 4) is 6.01 Å². The van der Waals surface area contributed by atoms with Crippen LogP contribution < -0.4 is 4.74 Å². The third kappa shape index (κ3) is 2.94. The Bertz CT molecular complexity index is 1030. The van der Waals surface area contributed by atoms with Crippen molar-refractivity contribution in [1.82, 2.24) is 24.5 Å². The molecular weight excluding hydrogens is 366 g/mol. The molecule has 8 nitrogen and oxygen atoms in total. The first-order valence-electron chi connectivity index (χ1n) is 9.20. The molecule has 0 saturated carbocycles. The number of nitrogens with zero attached hydrogens (tertiary/aromatic N) is 5. The number of carbonyl (C=O) groups excluding carboxylic acids is 1. The minimum absolute atomic E-state index is 0.0126. The van der Waals surface area contributed by atoms with E-state index < -0.39 is 0 Å². The van der Waals surface area contributed by atoms with Crippen LogP contribution in [0.5, 0.6) is 6.01 Å². The van der Waals surface area contributed by atoms with E-state index in [0.717, 1.165) is 48.2 Å². The molecule has 0 bridgehead atoms. The van der Waals surface area contributed by atoms with Gasteiger partial charge >= 0.3 is 6.01 Å². The average molecular weight is 387 g/mol. The molecular formula is C18H21N5O3S. The highest BCUT2D eigenvalue weighted by molar-refractivity contribution is 7.19. The first-order valence-corrected chi connectivity index (χ1v) is 10.0. The molecule has 3 aromatic heterocycles. The average Bonchev–Trinajstić information content (AvgIpc) is 3.35. The van der Waals surface area contributed by atoms with Gasteiger partial charge in [0.25, 0.3) is 5.91 Å². The van der Waals surface area contributed by atoms with E-state index >= 15 is 0 Å². The third-order valence-electron chi connectivity index (χ3n) is 5.17.